The van der Waals surface area contributed by atoms with Crippen molar-refractivity contribution >= 4 is 17.7 Å². The van der Waals surface area contributed by atoms with Crippen molar-refractivity contribution in [3.63, 3.8) is 0 Å². The van der Waals surface area contributed by atoms with Crippen LogP contribution in [0.2, 0.25) is 0 Å². The number of aromatic nitrogens is 1. The van der Waals surface area contributed by atoms with Crippen molar-refractivity contribution in [1.29, 1.82) is 0 Å². The number of benzene rings is 2. The van der Waals surface area contributed by atoms with Gasteiger partial charge in [0.1, 0.15) is 18.4 Å². The van der Waals surface area contributed by atoms with Crippen molar-refractivity contribution in [1.82, 2.24) is 10.3 Å². The van der Waals surface area contributed by atoms with Crippen molar-refractivity contribution in [2.75, 3.05) is 31.7 Å². The summed E-state index contributed by atoms with van der Waals surface area (Å²) in [5.74, 6) is 0.757. The summed E-state index contributed by atoms with van der Waals surface area (Å²) in [6.45, 7) is 2.80. The van der Waals surface area contributed by atoms with E-state index in [9.17, 15) is 9.59 Å². The number of nitrogens with zero attached hydrogens (tertiary/aromatic N) is 2. The number of methoxy groups -OCH3 is 1. The number of nitrogens with one attached hydrogen (secondary N) is 1. The molecular formula is C29H33N3O5. The zero-order valence-corrected chi connectivity index (χ0v) is 21.0. The maximum Gasteiger partial charge on any atom is 0.408 e. The van der Waals surface area contributed by atoms with Crippen LogP contribution in [0.3, 0.4) is 0 Å². The predicted octanol–water partition coefficient (Wildman–Crippen LogP) is 4.39. The first kappa shape index (κ1) is 26.0. The summed E-state index contributed by atoms with van der Waals surface area (Å²) in [6, 6.07) is 20.2. The molecule has 194 valence electrons. The molecule has 2 aromatic carbocycles. The molecule has 3 aromatic rings. The number of carbonyl (C=O) groups is 2. The molecule has 8 nitrogen and oxygen atoms in total. The molecule has 0 radical (unpaired) electrons. The molecule has 1 N–H and O–H groups in total. The Labute approximate surface area is 217 Å². The number of carbonyl (C=O) groups excluding carboxylic acids is 2. The van der Waals surface area contributed by atoms with Crippen molar-refractivity contribution in [3.8, 4) is 5.75 Å². The summed E-state index contributed by atoms with van der Waals surface area (Å²) in [4.78, 5) is 31.0. The number of rotatable bonds is 10. The molecule has 0 saturated carbocycles. The van der Waals surface area contributed by atoms with Crippen molar-refractivity contribution in [2.45, 2.75) is 31.9 Å². The molecule has 1 aromatic heterocycles. The first-order valence-corrected chi connectivity index (χ1v) is 12.5. The van der Waals surface area contributed by atoms with Crippen molar-refractivity contribution in [3.05, 3.63) is 90.3 Å². The second-order valence-corrected chi connectivity index (χ2v) is 9.08. The lowest BCUT2D eigenvalue weighted by atomic mass is 9.97. The molecule has 1 atom stereocenters. The molecular weight excluding hydrogens is 470 g/mol. The highest BCUT2D eigenvalue weighted by Crippen LogP contribution is 2.24. The van der Waals surface area contributed by atoms with Crippen LogP contribution in [-0.2, 0) is 27.3 Å². The molecule has 2 heterocycles. The minimum Gasteiger partial charge on any atom is -0.493 e. The second-order valence-electron chi connectivity index (χ2n) is 9.08. The van der Waals surface area contributed by atoms with Crippen LogP contribution in [-0.4, -0.2) is 49.9 Å². The Kier molecular flexibility index (Phi) is 9.35. The van der Waals surface area contributed by atoms with E-state index in [4.69, 9.17) is 14.2 Å². The molecule has 1 aliphatic heterocycles. The lowest BCUT2D eigenvalue weighted by Crippen LogP contribution is -2.43. The molecule has 0 aliphatic carbocycles. The minimum absolute atomic E-state index is 0.120. The van der Waals surface area contributed by atoms with E-state index in [2.05, 4.69) is 15.2 Å². The molecule has 8 heteroatoms. The highest BCUT2D eigenvalue weighted by Gasteiger charge is 2.23. The predicted molar refractivity (Wildman–Crippen MR) is 140 cm³/mol. The van der Waals surface area contributed by atoms with Crippen LogP contribution in [0.25, 0.3) is 0 Å². The maximum absolute atomic E-state index is 12.3. The standard InChI is InChI=1S/C29H33N3O5/c1-35-28(33)27(31-29(34)37-21-23-5-3-2-4-6-23)19-22-7-9-26(10-8-22)36-20-24-13-17-32(18-14-24)25-11-15-30-16-12-25/h2-12,15-16,24,27H,13-14,17-21H2,1H3,(H,31,34)/t27-/m0/s1. The van der Waals surface area contributed by atoms with E-state index in [1.165, 1.54) is 12.8 Å². The number of anilines is 1. The van der Waals surface area contributed by atoms with Gasteiger partial charge < -0.3 is 24.4 Å². The molecule has 0 unspecified atom stereocenters. The van der Waals surface area contributed by atoms with E-state index in [0.717, 1.165) is 42.8 Å². The molecule has 1 saturated heterocycles. The highest BCUT2D eigenvalue weighted by molar-refractivity contribution is 5.81. The third-order valence-corrected chi connectivity index (χ3v) is 6.48. The Balaban J connectivity index is 1.22. The number of pyridine rings is 1. The van der Waals surface area contributed by atoms with E-state index in [1.807, 2.05) is 79.1 Å². The fourth-order valence-corrected chi connectivity index (χ4v) is 4.33. The van der Waals surface area contributed by atoms with Gasteiger partial charge in [-0.3, -0.25) is 4.98 Å². The van der Waals surface area contributed by atoms with E-state index in [1.54, 1.807) is 0 Å². The van der Waals surface area contributed by atoms with Gasteiger partial charge in [0, 0.05) is 37.6 Å². The van der Waals surface area contributed by atoms with Crippen molar-refractivity contribution in [2.24, 2.45) is 5.92 Å². The van der Waals surface area contributed by atoms with Gasteiger partial charge in [0.2, 0.25) is 0 Å². The monoisotopic (exact) mass is 503 g/mol. The summed E-state index contributed by atoms with van der Waals surface area (Å²) in [7, 11) is 1.30. The Bertz CT molecular complexity index is 1120. The number of hydrogen-bond acceptors (Lipinski definition) is 7. The first-order valence-electron chi connectivity index (χ1n) is 12.5. The van der Waals surface area contributed by atoms with Gasteiger partial charge in [-0.25, -0.2) is 9.59 Å². The third kappa shape index (κ3) is 7.96. The average Bonchev–Trinajstić information content (AvgIpc) is 2.96. The van der Waals surface area contributed by atoms with Gasteiger partial charge in [0.15, 0.2) is 0 Å². The van der Waals surface area contributed by atoms with Crippen LogP contribution in [0.15, 0.2) is 79.1 Å². The van der Waals surface area contributed by atoms with Crippen LogP contribution in [0, 0.1) is 5.92 Å². The van der Waals surface area contributed by atoms with Gasteiger partial charge in [0.25, 0.3) is 0 Å². The van der Waals surface area contributed by atoms with Gasteiger partial charge in [-0.05, 0) is 54.2 Å². The fraction of sp³-hybridized carbons (Fsp3) is 0.345. The van der Waals surface area contributed by atoms with Crippen LogP contribution >= 0.6 is 0 Å². The summed E-state index contributed by atoms with van der Waals surface area (Å²) >= 11 is 0. The van der Waals surface area contributed by atoms with E-state index in [0.29, 0.717) is 12.5 Å². The number of ether oxygens (including phenoxy) is 3. The third-order valence-electron chi connectivity index (χ3n) is 6.48. The minimum atomic E-state index is -0.856. The summed E-state index contributed by atoms with van der Waals surface area (Å²) in [5, 5.41) is 2.61. The van der Waals surface area contributed by atoms with Gasteiger partial charge in [-0.15, -0.1) is 0 Å². The highest BCUT2D eigenvalue weighted by atomic mass is 16.6. The number of piperidine rings is 1. The van der Waals surface area contributed by atoms with Gasteiger partial charge in [-0.2, -0.15) is 0 Å². The molecule has 1 fully saturated rings. The summed E-state index contributed by atoms with van der Waals surface area (Å²) < 4.78 is 16.2. The molecule has 1 aliphatic rings. The van der Waals surface area contributed by atoms with E-state index >= 15 is 0 Å². The average molecular weight is 504 g/mol. The molecule has 4 rings (SSSR count). The van der Waals surface area contributed by atoms with Crippen molar-refractivity contribution < 1.29 is 23.8 Å². The Morgan fingerprint density at radius 3 is 2.35 bits per heavy atom. The lowest BCUT2D eigenvalue weighted by Gasteiger charge is -2.33. The normalized spacial score (nSPS) is 14.5. The topological polar surface area (TPSA) is 90.0 Å². The number of amides is 1. The van der Waals surface area contributed by atoms with E-state index in [-0.39, 0.29) is 13.0 Å². The Morgan fingerprint density at radius 2 is 1.68 bits per heavy atom. The van der Waals surface area contributed by atoms with E-state index < -0.39 is 18.1 Å². The zero-order chi connectivity index (χ0) is 25.9. The number of alkyl carbamates (subject to hydrolysis) is 1. The van der Waals surface area contributed by atoms with Gasteiger partial charge >= 0.3 is 12.1 Å². The Morgan fingerprint density at radius 1 is 0.973 bits per heavy atom. The zero-order valence-electron chi connectivity index (χ0n) is 21.0. The summed E-state index contributed by atoms with van der Waals surface area (Å²) in [6.07, 6.45) is 5.42. The molecule has 0 bridgehead atoms. The lowest BCUT2D eigenvalue weighted by molar-refractivity contribution is -0.143. The van der Waals surface area contributed by atoms with Gasteiger partial charge in [0.05, 0.1) is 13.7 Å². The molecule has 0 spiro atoms. The molecule has 1 amide bonds. The van der Waals surface area contributed by atoms with Gasteiger partial charge in [-0.1, -0.05) is 42.5 Å². The first-order chi connectivity index (χ1) is 18.1. The number of hydrogen-bond donors (Lipinski definition) is 1. The Hall–Kier alpha value is -4.07. The smallest absolute Gasteiger partial charge is 0.408 e. The van der Waals surface area contributed by atoms with Crippen LogP contribution in [0.1, 0.15) is 24.0 Å². The fourth-order valence-electron chi connectivity index (χ4n) is 4.33. The largest absolute Gasteiger partial charge is 0.493 e. The maximum atomic E-state index is 12.3. The SMILES string of the molecule is COC(=O)[C@H](Cc1ccc(OCC2CCN(c3ccncc3)CC2)cc1)NC(=O)OCc1ccccc1. The number of esters is 1. The van der Waals surface area contributed by atoms with Crippen LogP contribution in [0.4, 0.5) is 10.5 Å². The quantitative estimate of drug-likeness (QED) is 0.411. The summed E-state index contributed by atoms with van der Waals surface area (Å²) in [5.41, 5.74) is 2.95. The molecule has 37 heavy (non-hydrogen) atoms. The second kappa shape index (κ2) is 13.3. The van der Waals surface area contributed by atoms with Crippen LogP contribution < -0.4 is 15.0 Å². The van der Waals surface area contributed by atoms with Crippen LogP contribution in [0.5, 0.6) is 5.75 Å².